The molecule has 2 N–H and O–H groups in total. The van der Waals surface area contributed by atoms with Gasteiger partial charge in [-0.05, 0) is 42.7 Å². The van der Waals surface area contributed by atoms with Gasteiger partial charge in [0.2, 0.25) is 5.91 Å². The molecule has 1 aromatic heterocycles. The molecule has 1 unspecified atom stereocenters. The quantitative estimate of drug-likeness (QED) is 0.478. The number of amides is 1. The van der Waals surface area contributed by atoms with Crippen LogP contribution in [0.3, 0.4) is 0 Å². The van der Waals surface area contributed by atoms with Crippen molar-refractivity contribution in [1.82, 2.24) is 15.5 Å². The fraction of sp³-hybridized carbons (Fsp3) is 0.478. The first kappa shape index (κ1) is 22.2. The molecule has 6 nitrogen and oxygen atoms in total. The average Bonchev–Trinajstić information content (AvgIpc) is 3.33. The lowest BCUT2D eigenvalue weighted by Crippen LogP contribution is -2.41. The first-order valence-electron chi connectivity index (χ1n) is 10.9. The largest absolute Gasteiger partial charge is 0.469 e. The molecule has 2 aliphatic rings. The number of guanidine groups is 1. The highest BCUT2D eigenvalue weighted by Crippen LogP contribution is 2.32. The Bertz CT molecular complexity index is 939. The van der Waals surface area contributed by atoms with E-state index in [4.69, 9.17) is 4.42 Å². The zero-order chi connectivity index (χ0) is 22.6. The van der Waals surface area contributed by atoms with E-state index in [0.717, 1.165) is 37.3 Å². The molecule has 1 saturated heterocycles. The number of nitrogens with one attached hydrogen (secondary N) is 2. The maximum absolute atomic E-state index is 13.0. The Morgan fingerprint density at radius 2 is 2.03 bits per heavy atom. The van der Waals surface area contributed by atoms with Crippen molar-refractivity contribution in [3.63, 3.8) is 0 Å². The van der Waals surface area contributed by atoms with Crippen molar-refractivity contribution in [3.05, 3.63) is 59.5 Å². The second-order valence-electron chi connectivity index (χ2n) is 8.35. The second kappa shape index (κ2) is 9.67. The zero-order valence-corrected chi connectivity index (χ0v) is 17.7. The molecule has 2 heterocycles. The van der Waals surface area contributed by atoms with Gasteiger partial charge < -0.3 is 20.0 Å². The molecule has 32 heavy (non-hydrogen) atoms. The monoisotopic (exact) mass is 448 g/mol. The molecular formula is C23H27F3N4O2. The van der Waals surface area contributed by atoms with Crippen LogP contribution in [0.15, 0.2) is 52.1 Å². The number of benzene rings is 1. The summed E-state index contributed by atoms with van der Waals surface area (Å²) in [6.07, 6.45) is 0.558. The second-order valence-corrected chi connectivity index (χ2v) is 8.35. The van der Waals surface area contributed by atoms with Gasteiger partial charge in [0.05, 0.1) is 18.4 Å². The van der Waals surface area contributed by atoms with E-state index >= 15 is 0 Å². The third kappa shape index (κ3) is 6.05. The number of alkyl halides is 3. The van der Waals surface area contributed by atoms with Gasteiger partial charge in [-0.25, -0.2) is 4.99 Å². The Balaban J connectivity index is 1.37. The molecule has 1 aliphatic carbocycles. The molecule has 172 valence electrons. The lowest BCUT2D eigenvalue weighted by molar-refractivity contribution is -0.137. The first-order valence-corrected chi connectivity index (χ1v) is 10.9. The first-order chi connectivity index (χ1) is 15.4. The predicted molar refractivity (Wildman–Crippen MR) is 114 cm³/mol. The van der Waals surface area contributed by atoms with Crippen molar-refractivity contribution in [3.8, 4) is 0 Å². The maximum Gasteiger partial charge on any atom is 0.416 e. The number of carbonyl (C=O) groups is 1. The third-order valence-electron chi connectivity index (χ3n) is 5.70. The van der Waals surface area contributed by atoms with Crippen LogP contribution in [-0.4, -0.2) is 42.4 Å². The minimum Gasteiger partial charge on any atom is -0.469 e. The van der Waals surface area contributed by atoms with Crippen LogP contribution in [0, 0.1) is 5.92 Å². The number of carbonyl (C=O) groups excluding carboxylic acids is 1. The highest BCUT2D eigenvalue weighted by molar-refractivity contribution is 5.81. The molecule has 1 aromatic carbocycles. The summed E-state index contributed by atoms with van der Waals surface area (Å²) in [5.74, 6) is 1.73. The van der Waals surface area contributed by atoms with Crippen molar-refractivity contribution in [2.24, 2.45) is 10.9 Å². The summed E-state index contributed by atoms with van der Waals surface area (Å²) in [5.41, 5.74) is -0.210. The smallest absolute Gasteiger partial charge is 0.416 e. The summed E-state index contributed by atoms with van der Waals surface area (Å²) in [7, 11) is 0. The van der Waals surface area contributed by atoms with Crippen LogP contribution in [0.25, 0.3) is 0 Å². The molecule has 0 spiro atoms. The fourth-order valence-electron chi connectivity index (χ4n) is 3.87. The summed E-state index contributed by atoms with van der Waals surface area (Å²) in [6, 6.07) is 9.30. The molecule has 4 rings (SSSR count). The van der Waals surface area contributed by atoms with Crippen LogP contribution in [-0.2, 0) is 23.9 Å². The summed E-state index contributed by atoms with van der Waals surface area (Å²) >= 11 is 0. The molecule has 2 fully saturated rings. The Morgan fingerprint density at radius 3 is 2.75 bits per heavy atom. The summed E-state index contributed by atoms with van der Waals surface area (Å²) in [6.45, 7) is 1.98. The fourth-order valence-corrected chi connectivity index (χ4v) is 3.87. The SMILES string of the molecule is O=C1CC(CNC(=NCc2cccc(C(F)(F)F)c2)NCCc2ccco2)CN1C1CC1. The molecule has 1 amide bonds. The van der Waals surface area contributed by atoms with E-state index in [-0.39, 0.29) is 18.4 Å². The minimum absolute atomic E-state index is 0.109. The minimum atomic E-state index is -4.38. The molecule has 9 heteroatoms. The van der Waals surface area contributed by atoms with Gasteiger partial charge in [-0.15, -0.1) is 0 Å². The lowest BCUT2D eigenvalue weighted by Gasteiger charge is -2.17. The number of hydrogen-bond donors (Lipinski definition) is 2. The van der Waals surface area contributed by atoms with E-state index in [2.05, 4.69) is 15.6 Å². The lowest BCUT2D eigenvalue weighted by atomic mass is 10.1. The van der Waals surface area contributed by atoms with Gasteiger partial charge >= 0.3 is 6.18 Å². The Hall–Kier alpha value is -2.97. The van der Waals surface area contributed by atoms with Gasteiger partial charge in [-0.3, -0.25) is 4.79 Å². The van der Waals surface area contributed by atoms with Crippen molar-refractivity contribution in [2.75, 3.05) is 19.6 Å². The van der Waals surface area contributed by atoms with Crippen molar-refractivity contribution in [2.45, 2.75) is 44.4 Å². The molecule has 1 aliphatic heterocycles. The Kier molecular flexibility index (Phi) is 6.72. The number of rotatable bonds is 8. The van der Waals surface area contributed by atoms with Crippen molar-refractivity contribution < 1.29 is 22.4 Å². The average molecular weight is 448 g/mol. The highest BCUT2D eigenvalue weighted by Gasteiger charge is 2.39. The van der Waals surface area contributed by atoms with Crippen molar-refractivity contribution >= 4 is 11.9 Å². The van der Waals surface area contributed by atoms with Gasteiger partial charge in [-0.1, -0.05) is 12.1 Å². The van der Waals surface area contributed by atoms with Crippen LogP contribution >= 0.6 is 0 Å². The summed E-state index contributed by atoms with van der Waals surface area (Å²) < 4.78 is 44.3. The molecule has 2 aromatic rings. The van der Waals surface area contributed by atoms with Gasteiger partial charge in [0.1, 0.15) is 5.76 Å². The number of furan rings is 1. The van der Waals surface area contributed by atoms with Gasteiger partial charge in [0.15, 0.2) is 5.96 Å². The normalized spacial score (nSPS) is 19.5. The van der Waals surface area contributed by atoms with Crippen LogP contribution in [0.5, 0.6) is 0 Å². The molecule has 1 saturated carbocycles. The number of nitrogens with zero attached hydrogens (tertiary/aromatic N) is 2. The van der Waals surface area contributed by atoms with E-state index < -0.39 is 11.7 Å². The zero-order valence-electron chi connectivity index (χ0n) is 17.7. The molecule has 1 atom stereocenters. The van der Waals surface area contributed by atoms with E-state index in [1.807, 2.05) is 17.0 Å². The van der Waals surface area contributed by atoms with Crippen LogP contribution in [0.1, 0.15) is 36.1 Å². The molecular weight excluding hydrogens is 421 g/mol. The van der Waals surface area contributed by atoms with Crippen molar-refractivity contribution in [1.29, 1.82) is 0 Å². The van der Waals surface area contributed by atoms with Gasteiger partial charge in [-0.2, -0.15) is 13.2 Å². The third-order valence-corrected chi connectivity index (χ3v) is 5.70. The number of hydrogen-bond acceptors (Lipinski definition) is 3. The number of aliphatic imine (C=N–C) groups is 1. The van der Waals surface area contributed by atoms with E-state index in [9.17, 15) is 18.0 Å². The van der Waals surface area contributed by atoms with E-state index in [1.54, 1.807) is 12.3 Å². The van der Waals surface area contributed by atoms with Crippen LogP contribution in [0.2, 0.25) is 0 Å². The topological polar surface area (TPSA) is 69.9 Å². The van der Waals surface area contributed by atoms with Gasteiger partial charge in [0, 0.05) is 44.4 Å². The highest BCUT2D eigenvalue weighted by atomic mass is 19.4. The van der Waals surface area contributed by atoms with E-state index in [1.165, 1.54) is 6.07 Å². The summed E-state index contributed by atoms with van der Waals surface area (Å²) in [4.78, 5) is 18.6. The molecule has 0 radical (unpaired) electrons. The Morgan fingerprint density at radius 1 is 1.19 bits per heavy atom. The summed E-state index contributed by atoms with van der Waals surface area (Å²) in [5, 5.41) is 6.48. The van der Waals surface area contributed by atoms with Crippen LogP contribution in [0.4, 0.5) is 13.2 Å². The standard InChI is InChI=1S/C23H27F3N4O2/c24-23(25,26)18-4-1-3-16(11-18)13-28-22(27-9-8-20-5-2-10-32-20)29-14-17-12-21(31)30(15-17)19-6-7-19/h1-5,10-11,17,19H,6-9,12-15H2,(H2,27,28,29). The van der Waals surface area contributed by atoms with E-state index in [0.29, 0.717) is 43.5 Å². The predicted octanol–water partition coefficient (Wildman–Crippen LogP) is 3.59. The Labute approximate surface area is 184 Å². The van der Waals surface area contributed by atoms with Crippen LogP contribution < -0.4 is 10.6 Å². The number of likely N-dealkylation sites (tertiary alicyclic amines) is 1. The maximum atomic E-state index is 13.0. The number of halogens is 3. The molecule has 0 bridgehead atoms. The van der Waals surface area contributed by atoms with Gasteiger partial charge in [0.25, 0.3) is 0 Å².